The minimum atomic E-state index is -0.389. The first kappa shape index (κ1) is 13.9. The molecule has 1 aromatic heterocycles. The van der Waals surface area contributed by atoms with Crippen molar-refractivity contribution in [1.82, 2.24) is 15.0 Å². The normalized spacial score (nSPS) is 26.6. The maximum absolute atomic E-state index is 11.6. The van der Waals surface area contributed by atoms with Gasteiger partial charge in [0.25, 0.3) is 0 Å². The molecule has 2 aliphatic rings. The van der Waals surface area contributed by atoms with Crippen molar-refractivity contribution < 1.29 is 9.59 Å². The number of hydrogen-bond acceptors (Lipinski definition) is 5. The predicted octanol–water partition coefficient (Wildman–Crippen LogP) is 1.77. The molecule has 1 saturated carbocycles. The van der Waals surface area contributed by atoms with Gasteiger partial charge in [-0.2, -0.15) is 4.98 Å². The SMILES string of the molecule is CC(=O)N(C(C)=O)c1ncnc(C23CCC(C=C2C)C3)n1. The first-order valence-electron chi connectivity index (χ1n) is 7.14. The standard InChI is InChI=1S/C15H18N4O2/c1-9-6-12-4-5-15(9,7-12)13-16-8-17-14(18-13)19(10(2)20)11(3)21/h6,8,12H,4-5,7H2,1-3H3. The van der Waals surface area contributed by atoms with E-state index in [1.807, 2.05) is 0 Å². The average molecular weight is 286 g/mol. The first-order valence-corrected chi connectivity index (χ1v) is 7.14. The van der Waals surface area contributed by atoms with Gasteiger partial charge in [0.2, 0.25) is 17.8 Å². The Kier molecular flexibility index (Phi) is 3.11. The van der Waals surface area contributed by atoms with E-state index in [0.29, 0.717) is 11.7 Å². The van der Waals surface area contributed by atoms with E-state index in [-0.39, 0.29) is 23.2 Å². The van der Waals surface area contributed by atoms with Crippen LogP contribution in [0.5, 0.6) is 0 Å². The van der Waals surface area contributed by atoms with E-state index in [4.69, 9.17) is 0 Å². The fourth-order valence-electron chi connectivity index (χ4n) is 3.61. The Labute approximate surface area is 123 Å². The summed E-state index contributed by atoms with van der Waals surface area (Å²) in [5.74, 6) is 0.619. The average Bonchev–Trinajstić information content (AvgIpc) is 2.96. The molecule has 2 bridgehead atoms. The third-order valence-electron chi connectivity index (χ3n) is 4.61. The molecule has 6 heteroatoms. The second-order valence-electron chi connectivity index (χ2n) is 5.92. The van der Waals surface area contributed by atoms with Crippen LogP contribution in [0.4, 0.5) is 5.95 Å². The third kappa shape index (κ3) is 2.05. The summed E-state index contributed by atoms with van der Waals surface area (Å²) in [6.07, 6.45) is 6.86. The zero-order chi connectivity index (χ0) is 15.2. The summed E-state index contributed by atoms with van der Waals surface area (Å²) >= 11 is 0. The van der Waals surface area contributed by atoms with E-state index in [1.165, 1.54) is 25.7 Å². The Morgan fingerprint density at radius 1 is 1.29 bits per heavy atom. The van der Waals surface area contributed by atoms with Gasteiger partial charge in [0.15, 0.2) is 0 Å². The van der Waals surface area contributed by atoms with E-state index >= 15 is 0 Å². The van der Waals surface area contributed by atoms with E-state index in [9.17, 15) is 9.59 Å². The van der Waals surface area contributed by atoms with Crippen LogP contribution < -0.4 is 4.90 Å². The number of rotatable bonds is 2. The molecule has 2 amide bonds. The van der Waals surface area contributed by atoms with Gasteiger partial charge in [-0.05, 0) is 32.1 Å². The summed E-state index contributed by atoms with van der Waals surface area (Å²) in [4.78, 5) is 37.0. The molecule has 0 spiro atoms. The molecule has 2 aliphatic carbocycles. The highest BCUT2D eigenvalue weighted by Crippen LogP contribution is 2.53. The summed E-state index contributed by atoms with van der Waals surface area (Å²) in [7, 11) is 0. The van der Waals surface area contributed by atoms with Crippen LogP contribution in [0.3, 0.4) is 0 Å². The van der Waals surface area contributed by atoms with Crippen LogP contribution in [0.1, 0.15) is 45.9 Å². The Morgan fingerprint density at radius 2 is 2.00 bits per heavy atom. The minimum absolute atomic E-state index is 0.123. The van der Waals surface area contributed by atoms with Gasteiger partial charge in [-0.1, -0.05) is 11.6 Å². The molecule has 3 rings (SSSR count). The summed E-state index contributed by atoms with van der Waals surface area (Å²) in [6.45, 7) is 4.77. The van der Waals surface area contributed by atoms with Crippen molar-refractivity contribution in [3.05, 3.63) is 23.8 Å². The quantitative estimate of drug-likeness (QED) is 0.774. The van der Waals surface area contributed by atoms with Crippen LogP contribution >= 0.6 is 0 Å². The van der Waals surface area contributed by atoms with Crippen LogP contribution in [0.15, 0.2) is 18.0 Å². The van der Waals surface area contributed by atoms with E-state index in [2.05, 4.69) is 28.0 Å². The lowest BCUT2D eigenvalue weighted by molar-refractivity contribution is -0.124. The highest BCUT2D eigenvalue weighted by Gasteiger charge is 2.48. The molecule has 0 radical (unpaired) electrons. The number of amides is 2. The molecule has 6 nitrogen and oxygen atoms in total. The minimum Gasteiger partial charge on any atom is -0.274 e. The molecular formula is C15H18N4O2. The smallest absolute Gasteiger partial charge is 0.242 e. The summed E-state index contributed by atoms with van der Waals surface area (Å²) < 4.78 is 0. The number of imide groups is 1. The highest BCUT2D eigenvalue weighted by molar-refractivity contribution is 6.11. The Hall–Kier alpha value is -2.11. The zero-order valence-electron chi connectivity index (χ0n) is 12.5. The van der Waals surface area contributed by atoms with Gasteiger partial charge in [0.05, 0.1) is 5.41 Å². The van der Waals surface area contributed by atoms with Gasteiger partial charge in [-0.15, -0.1) is 0 Å². The van der Waals surface area contributed by atoms with Gasteiger partial charge in [-0.25, -0.2) is 14.9 Å². The number of hydrogen-bond donors (Lipinski definition) is 0. The van der Waals surface area contributed by atoms with Crippen molar-refractivity contribution in [3.63, 3.8) is 0 Å². The molecule has 0 N–H and O–H groups in total. The van der Waals surface area contributed by atoms with Gasteiger partial charge in [-0.3, -0.25) is 9.59 Å². The Balaban J connectivity index is 2.03. The number of aromatic nitrogens is 3. The fraction of sp³-hybridized carbons (Fsp3) is 0.533. The lowest BCUT2D eigenvalue weighted by Gasteiger charge is -2.27. The zero-order valence-corrected chi connectivity index (χ0v) is 12.5. The largest absolute Gasteiger partial charge is 0.274 e. The second kappa shape index (κ2) is 4.72. The molecule has 1 aromatic rings. The number of allylic oxidation sites excluding steroid dienone is 2. The Morgan fingerprint density at radius 3 is 2.52 bits per heavy atom. The van der Waals surface area contributed by atoms with Crippen molar-refractivity contribution >= 4 is 17.8 Å². The van der Waals surface area contributed by atoms with Gasteiger partial charge >= 0.3 is 0 Å². The molecular weight excluding hydrogens is 268 g/mol. The number of carbonyl (C=O) groups is 2. The molecule has 2 unspecified atom stereocenters. The third-order valence-corrected chi connectivity index (χ3v) is 4.61. The molecule has 0 saturated heterocycles. The van der Waals surface area contributed by atoms with E-state index in [1.54, 1.807) is 0 Å². The fourth-order valence-corrected chi connectivity index (χ4v) is 3.61. The van der Waals surface area contributed by atoms with Crippen molar-refractivity contribution in [1.29, 1.82) is 0 Å². The topological polar surface area (TPSA) is 76.1 Å². The molecule has 0 aromatic carbocycles. The lowest BCUT2D eigenvalue weighted by atomic mass is 9.80. The van der Waals surface area contributed by atoms with E-state index < -0.39 is 0 Å². The first-order chi connectivity index (χ1) is 9.94. The maximum atomic E-state index is 11.6. The van der Waals surface area contributed by atoms with Crippen LogP contribution in [-0.2, 0) is 15.0 Å². The second-order valence-corrected chi connectivity index (χ2v) is 5.92. The predicted molar refractivity (Wildman–Crippen MR) is 76.4 cm³/mol. The van der Waals surface area contributed by atoms with Crippen LogP contribution in [-0.4, -0.2) is 26.8 Å². The van der Waals surface area contributed by atoms with Crippen molar-refractivity contribution in [2.75, 3.05) is 4.90 Å². The summed E-state index contributed by atoms with van der Waals surface area (Å²) in [5, 5.41) is 0. The molecule has 2 atom stereocenters. The van der Waals surface area contributed by atoms with Gasteiger partial charge < -0.3 is 0 Å². The van der Waals surface area contributed by atoms with Crippen molar-refractivity contribution in [2.45, 2.75) is 45.4 Å². The number of carbonyl (C=O) groups excluding carboxylic acids is 2. The maximum Gasteiger partial charge on any atom is 0.242 e. The van der Waals surface area contributed by atoms with Crippen molar-refractivity contribution in [3.8, 4) is 0 Å². The van der Waals surface area contributed by atoms with Crippen LogP contribution in [0, 0.1) is 5.92 Å². The van der Waals surface area contributed by atoms with Gasteiger partial charge in [0, 0.05) is 13.8 Å². The molecule has 110 valence electrons. The number of fused-ring (bicyclic) bond motifs is 2. The van der Waals surface area contributed by atoms with Crippen molar-refractivity contribution in [2.24, 2.45) is 5.92 Å². The molecule has 21 heavy (non-hydrogen) atoms. The summed E-state index contributed by atoms with van der Waals surface area (Å²) in [6, 6.07) is 0. The molecule has 1 heterocycles. The van der Waals surface area contributed by atoms with Crippen LogP contribution in [0.25, 0.3) is 0 Å². The van der Waals surface area contributed by atoms with E-state index in [0.717, 1.165) is 24.2 Å². The van der Waals surface area contributed by atoms with Crippen LogP contribution in [0.2, 0.25) is 0 Å². The number of nitrogens with zero attached hydrogens (tertiary/aromatic N) is 4. The molecule has 0 aliphatic heterocycles. The monoisotopic (exact) mass is 286 g/mol. The Bertz CT molecular complexity index is 641. The lowest BCUT2D eigenvalue weighted by Crippen LogP contribution is -2.36. The number of anilines is 1. The highest BCUT2D eigenvalue weighted by atomic mass is 16.2. The molecule has 1 fully saturated rings. The summed E-state index contributed by atoms with van der Waals surface area (Å²) in [5.41, 5.74) is 1.15. The van der Waals surface area contributed by atoms with Gasteiger partial charge in [0.1, 0.15) is 12.2 Å².